The van der Waals surface area contributed by atoms with Crippen LogP contribution in [0.15, 0.2) is 36.4 Å². The van der Waals surface area contributed by atoms with Gasteiger partial charge in [-0.25, -0.2) is 4.79 Å². The number of nitrogens with zero attached hydrogens (tertiary/aromatic N) is 1. The van der Waals surface area contributed by atoms with E-state index in [4.69, 9.17) is 18.9 Å². The molecule has 0 radical (unpaired) electrons. The van der Waals surface area contributed by atoms with Crippen molar-refractivity contribution in [2.75, 3.05) is 19.2 Å². The van der Waals surface area contributed by atoms with Crippen molar-refractivity contribution >= 4 is 23.3 Å². The Hall–Kier alpha value is -3.82. The van der Waals surface area contributed by atoms with Crippen LogP contribution in [-0.2, 0) is 9.53 Å². The molecule has 0 saturated carbocycles. The molecule has 0 fully saturated rings. The summed E-state index contributed by atoms with van der Waals surface area (Å²) < 4.78 is 20.6. The van der Waals surface area contributed by atoms with Gasteiger partial charge in [0.15, 0.2) is 17.6 Å². The van der Waals surface area contributed by atoms with Gasteiger partial charge >= 0.3 is 5.97 Å². The van der Waals surface area contributed by atoms with Crippen LogP contribution in [0.1, 0.15) is 17.3 Å². The first-order chi connectivity index (χ1) is 13.4. The molecule has 0 saturated heterocycles. The number of esters is 1. The average Bonchev–Trinajstić information content (AvgIpc) is 3.15. The van der Waals surface area contributed by atoms with Crippen molar-refractivity contribution in [3.8, 4) is 17.2 Å². The number of benzene rings is 2. The van der Waals surface area contributed by atoms with Gasteiger partial charge in [-0.3, -0.25) is 14.9 Å². The molecule has 0 unspecified atom stereocenters. The molecular weight excluding hydrogens is 372 g/mol. The van der Waals surface area contributed by atoms with E-state index in [1.54, 1.807) is 18.2 Å². The number of nitro groups is 1. The van der Waals surface area contributed by atoms with Gasteiger partial charge in [0.1, 0.15) is 11.3 Å². The highest BCUT2D eigenvalue weighted by molar-refractivity contribution is 5.98. The van der Waals surface area contributed by atoms with E-state index in [9.17, 15) is 19.7 Å². The minimum Gasteiger partial charge on any atom is -0.496 e. The van der Waals surface area contributed by atoms with E-state index >= 15 is 0 Å². The van der Waals surface area contributed by atoms with Crippen LogP contribution in [-0.4, -0.2) is 36.8 Å². The van der Waals surface area contributed by atoms with Crippen LogP contribution >= 0.6 is 0 Å². The molecule has 146 valence electrons. The number of anilines is 1. The van der Waals surface area contributed by atoms with Crippen molar-refractivity contribution in [3.63, 3.8) is 0 Å². The normalized spacial score (nSPS) is 12.8. The summed E-state index contributed by atoms with van der Waals surface area (Å²) in [6.07, 6.45) is -1.16. The van der Waals surface area contributed by atoms with Gasteiger partial charge in [0.2, 0.25) is 6.79 Å². The summed E-state index contributed by atoms with van der Waals surface area (Å²) in [5.74, 6) is -0.358. The molecule has 2 aromatic carbocycles. The van der Waals surface area contributed by atoms with Gasteiger partial charge in [0.05, 0.1) is 12.0 Å². The fourth-order valence-electron chi connectivity index (χ4n) is 2.46. The Bertz CT molecular complexity index is 943. The Morgan fingerprint density at radius 3 is 2.64 bits per heavy atom. The van der Waals surface area contributed by atoms with Gasteiger partial charge in [0.25, 0.3) is 11.6 Å². The number of fused-ring (bicyclic) bond motifs is 1. The standard InChI is InChI=1S/C18H16N2O8/c1-10(17(21)19-11-3-5-15-16(7-11)27-9-26-15)28-18(22)13-8-12(20(23)24)4-6-14(13)25-2/h3-8,10H,9H2,1-2H3,(H,19,21)/t10-/m1/s1. The van der Waals surface area contributed by atoms with E-state index < -0.39 is 22.9 Å². The maximum atomic E-state index is 12.4. The number of nitrogens with one attached hydrogen (secondary N) is 1. The topological polar surface area (TPSA) is 126 Å². The minimum absolute atomic E-state index is 0.0963. The Labute approximate surface area is 159 Å². The van der Waals surface area contributed by atoms with Crippen molar-refractivity contribution in [1.82, 2.24) is 0 Å². The summed E-state index contributed by atoms with van der Waals surface area (Å²) in [6.45, 7) is 1.48. The summed E-state index contributed by atoms with van der Waals surface area (Å²) in [6, 6.07) is 8.35. The molecule has 1 amide bonds. The highest BCUT2D eigenvalue weighted by Crippen LogP contribution is 2.34. The van der Waals surface area contributed by atoms with Crippen molar-refractivity contribution in [3.05, 3.63) is 52.1 Å². The lowest BCUT2D eigenvalue weighted by atomic mass is 10.1. The maximum Gasteiger partial charge on any atom is 0.342 e. The van der Waals surface area contributed by atoms with Crippen LogP contribution in [0.25, 0.3) is 0 Å². The quantitative estimate of drug-likeness (QED) is 0.454. The molecule has 1 aliphatic heterocycles. The molecular formula is C18H16N2O8. The molecule has 1 heterocycles. The molecule has 0 aliphatic carbocycles. The van der Waals surface area contributed by atoms with Crippen LogP contribution in [0.3, 0.4) is 0 Å². The van der Waals surface area contributed by atoms with E-state index in [1.165, 1.54) is 26.2 Å². The highest BCUT2D eigenvalue weighted by atomic mass is 16.7. The fraction of sp³-hybridized carbons (Fsp3) is 0.222. The number of methoxy groups -OCH3 is 1. The second-order valence-electron chi connectivity index (χ2n) is 5.75. The van der Waals surface area contributed by atoms with Gasteiger partial charge in [-0.1, -0.05) is 0 Å². The van der Waals surface area contributed by atoms with Crippen molar-refractivity contribution in [2.24, 2.45) is 0 Å². The van der Waals surface area contributed by atoms with Crippen molar-refractivity contribution in [2.45, 2.75) is 13.0 Å². The maximum absolute atomic E-state index is 12.4. The van der Waals surface area contributed by atoms with E-state index in [1.807, 2.05) is 0 Å². The molecule has 2 aromatic rings. The Morgan fingerprint density at radius 1 is 1.18 bits per heavy atom. The third kappa shape index (κ3) is 3.95. The number of ether oxygens (including phenoxy) is 4. The van der Waals surface area contributed by atoms with E-state index in [0.717, 1.165) is 6.07 Å². The largest absolute Gasteiger partial charge is 0.496 e. The van der Waals surface area contributed by atoms with Gasteiger partial charge in [0, 0.05) is 23.9 Å². The number of amides is 1. The molecule has 1 N–H and O–H groups in total. The van der Waals surface area contributed by atoms with Gasteiger partial charge < -0.3 is 24.3 Å². The van der Waals surface area contributed by atoms with E-state index in [-0.39, 0.29) is 23.8 Å². The number of rotatable bonds is 6. The van der Waals surface area contributed by atoms with Gasteiger partial charge in [-0.15, -0.1) is 0 Å². The first kappa shape index (κ1) is 19.0. The number of carbonyl (C=O) groups is 2. The lowest BCUT2D eigenvalue weighted by Crippen LogP contribution is -2.30. The van der Waals surface area contributed by atoms with Gasteiger partial charge in [-0.2, -0.15) is 0 Å². The number of non-ortho nitro benzene ring substituents is 1. The first-order valence-electron chi connectivity index (χ1n) is 8.13. The monoisotopic (exact) mass is 388 g/mol. The number of hydrogen-bond donors (Lipinski definition) is 1. The predicted molar refractivity (Wildman–Crippen MR) is 95.7 cm³/mol. The molecule has 1 atom stereocenters. The Balaban J connectivity index is 1.69. The summed E-state index contributed by atoms with van der Waals surface area (Å²) in [7, 11) is 1.31. The number of nitro benzene ring substituents is 1. The Kier molecular flexibility index (Phi) is 5.30. The van der Waals surface area contributed by atoms with Crippen molar-refractivity contribution < 1.29 is 33.5 Å². The summed E-state index contributed by atoms with van der Waals surface area (Å²) >= 11 is 0. The van der Waals surface area contributed by atoms with Crippen LogP contribution in [0.2, 0.25) is 0 Å². The zero-order valence-corrected chi connectivity index (χ0v) is 15.0. The lowest BCUT2D eigenvalue weighted by molar-refractivity contribution is -0.384. The van der Waals surface area contributed by atoms with Gasteiger partial charge in [-0.05, 0) is 25.1 Å². The molecule has 0 spiro atoms. The van der Waals surface area contributed by atoms with Crippen LogP contribution < -0.4 is 19.5 Å². The Morgan fingerprint density at radius 2 is 1.93 bits per heavy atom. The predicted octanol–water partition coefficient (Wildman–Crippen LogP) is 2.52. The number of hydrogen-bond acceptors (Lipinski definition) is 8. The zero-order chi connectivity index (χ0) is 20.3. The molecule has 3 rings (SSSR count). The second kappa shape index (κ2) is 7.82. The summed E-state index contributed by atoms with van der Waals surface area (Å²) in [4.78, 5) is 35.0. The summed E-state index contributed by atoms with van der Waals surface area (Å²) in [5, 5.41) is 13.5. The third-order valence-electron chi connectivity index (χ3n) is 3.91. The minimum atomic E-state index is -1.16. The molecule has 0 aromatic heterocycles. The SMILES string of the molecule is COc1ccc([N+](=O)[O-])cc1C(=O)O[C@H](C)C(=O)Nc1ccc2c(c1)OCO2. The highest BCUT2D eigenvalue weighted by Gasteiger charge is 2.24. The van der Waals surface area contributed by atoms with Crippen LogP contribution in [0, 0.1) is 10.1 Å². The molecule has 28 heavy (non-hydrogen) atoms. The molecule has 10 nitrogen and oxygen atoms in total. The van der Waals surface area contributed by atoms with E-state index in [2.05, 4.69) is 5.32 Å². The lowest BCUT2D eigenvalue weighted by Gasteiger charge is -2.15. The third-order valence-corrected chi connectivity index (χ3v) is 3.91. The van der Waals surface area contributed by atoms with Crippen LogP contribution in [0.5, 0.6) is 17.2 Å². The number of carbonyl (C=O) groups excluding carboxylic acids is 2. The molecule has 1 aliphatic rings. The summed E-state index contributed by atoms with van der Waals surface area (Å²) in [5.41, 5.74) is -0.0188. The van der Waals surface area contributed by atoms with Crippen molar-refractivity contribution in [1.29, 1.82) is 0 Å². The zero-order valence-electron chi connectivity index (χ0n) is 15.0. The second-order valence-corrected chi connectivity index (χ2v) is 5.75. The first-order valence-corrected chi connectivity index (χ1v) is 8.13. The average molecular weight is 388 g/mol. The molecule has 0 bridgehead atoms. The molecule has 10 heteroatoms. The van der Waals surface area contributed by atoms with E-state index in [0.29, 0.717) is 17.2 Å². The fourth-order valence-corrected chi connectivity index (χ4v) is 2.46. The van der Waals surface area contributed by atoms with Crippen LogP contribution in [0.4, 0.5) is 11.4 Å². The smallest absolute Gasteiger partial charge is 0.342 e.